The third-order valence-electron chi connectivity index (χ3n) is 4.20. The molecule has 1 aliphatic rings. The number of hydrogen-bond donors (Lipinski definition) is 2. The van der Waals surface area contributed by atoms with Crippen LogP contribution in [0, 0.1) is 0 Å². The number of nitrogens with zero attached hydrogens (tertiary/aromatic N) is 1. The minimum absolute atomic E-state index is 0.0498. The second-order valence-electron chi connectivity index (χ2n) is 5.79. The number of likely N-dealkylation sites (tertiary alicyclic amines) is 1. The van der Waals surface area contributed by atoms with Crippen LogP contribution in [0.1, 0.15) is 28.1 Å². The molecule has 2 N–H and O–H groups in total. The first kappa shape index (κ1) is 16.5. The van der Waals surface area contributed by atoms with Crippen molar-refractivity contribution in [3.05, 3.63) is 52.2 Å². The number of aromatic hydroxyl groups is 1. The SMILES string of the molecule is O=C(NCCc1cccs1)C1CCCN1C(=O)c1ccccc1O. The van der Waals surface area contributed by atoms with Gasteiger partial charge in [-0.2, -0.15) is 0 Å². The molecule has 1 aromatic carbocycles. The fraction of sp³-hybridized carbons (Fsp3) is 0.333. The molecule has 0 aliphatic carbocycles. The summed E-state index contributed by atoms with van der Waals surface area (Å²) < 4.78 is 0. The average Bonchev–Trinajstić information content (AvgIpc) is 3.26. The zero-order valence-electron chi connectivity index (χ0n) is 13.3. The number of thiophene rings is 1. The second-order valence-corrected chi connectivity index (χ2v) is 6.83. The Morgan fingerprint density at radius 3 is 2.83 bits per heavy atom. The summed E-state index contributed by atoms with van der Waals surface area (Å²) in [7, 11) is 0. The third-order valence-corrected chi connectivity index (χ3v) is 5.14. The molecule has 3 rings (SSSR count). The van der Waals surface area contributed by atoms with Crippen molar-refractivity contribution < 1.29 is 14.7 Å². The van der Waals surface area contributed by atoms with E-state index in [2.05, 4.69) is 5.32 Å². The van der Waals surface area contributed by atoms with Crippen LogP contribution in [0.5, 0.6) is 5.75 Å². The van der Waals surface area contributed by atoms with E-state index in [4.69, 9.17) is 0 Å². The predicted octanol–water partition coefficient (Wildman–Crippen LogP) is 2.42. The molecule has 6 heteroatoms. The smallest absolute Gasteiger partial charge is 0.258 e. The lowest BCUT2D eigenvalue weighted by Crippen LogP contribution is -2.46. The van der Waals surface area contributed by atoms with Crippen molar-refractivity contribution in [2.24, 2.45) is 0 Å². The first-order valence-electron chi connectivity index (χ1n) is 8.06. The van der Waals surface area contributed by atoms with Gasteiger partial charge in [-0.3, -0.25) is 9.59 Å². The standard InChI is InChI=1S/C18H20N2O3S/c21-16-8-2-1-6-14(16)18(23)20-11-3-7-15(20)17(22)19-10-9-13-5-4-12-24-13/h1-2,4-6,8,12,15,21H,3,7,9-11H2,(H,19,22). The lowest BCUT2D eigenvalue weighted by molar-refractivity contribution is -0.124. The van der Waals surface area contributed by atoms with Gasteiger partial charge in [0.2, 0.25) is 5.91 Å². The van der Waals surface area contributed by atoms with Crippen LogP contribution in [0.25, 0.3) is 0 Å². The Labute approximate surface area is 144 Å². The van der Waals surface area contributed by atoms with Crippen LogP contribution in [0.15, 0.2) is 41.8 Å². The van der Waals surface area contributed by atoms with E-state index in [-0.39, 0.29) is 23.1 Å². The summed E-state index contributed by atoms with van der Waals surface area (Å²) >= 11 is 1.67. The van der Waals surface area contributed by atoms with Crippen LogP contribution in [-0.2, 0) is 11.2 Å². The maximum Gasteiger partial charge on any atom is 0.258 e. The van der Waals surface area contributed by atoms with Gasteiger partial charge in [0.25, 0.3) is 5.91 Å². The molecule has 0 bridgehead atoms. The Balaban J connectivity index is 1.61. The average molecular weight is 344 g/mol. The summed E-state index contributed by atoms with van der Waals surface area (Å²) in [5.41, 5.74) is 0.246. The van der Waals surface area contributed by atoms with E-state index in [1.54, 1.807) is 34.4 Å². The number of carbonyl (C=O) groups excluding carboxylic acids is 2. The molecule has 0 saturated carbocycles. The number of rotatable bonds is 5. The number of para-hydroxylation sites is 1. The van der Waals surface area contributed by atoms with Crippen molar-refractivity contribution in [1.82, 2.24) is 10.2 Å². The fourth-order valence-corrected chi connectivity index (χ4v) is 3.68. The quantitative estimate of drug-likeness (QED) is 0.875. The largest absolute Gasteiger partial charge is 0.507 e. The van der Waals surface area contributed by atoms with Gasteiger partial charge in [-0.05, 0) is 42.8 Å². The number of carbonyl (C=O) groups is 2. The van der Waals surface area contributed by atoms with Crippen LogP contribution in [0.2, 0.25) is 0 Å². The molecule has 1 saturated heterocycles. The van der Waals surface area contributed by atoms with Gasteiger partial charge in [0, 0.05) is 18.0 Å². The van der Waals surface area contributed by atoms with Gasteiger partial charge in [-0.25, -0.2) is 0 Å². The normalized spacial score (nSPS) is 17.0. The summed E-state index contributed by atoms with van der Waals surface area (Å²) in [4.78, 5) is 27.9. The van der Waals surface area contributed by atoms with E-state index in [0.29, 0.717) is 19.5 Å². The highest BCUT2D eigenvalue weighted by molar-refractivity contribution is 7.09. The van der Waals surface area contributed by atoms with Gasteiger partial charge in [0.15, 0.2) is 0 Å². The summed E-state index contributed by atoms with van der Waals surface area (Å²) in [6.07, 6.45) is 2.25. The number of amides is 2. The summed E-state index contributed by atoms with van der Waals surface area (Å²) in [6.45, 7) is 1.10. The van der Waals surface area contributed by atoms with Gasteiger partial charge >= 0.3 is 0 Å². The maximum atomic E-state index is 12.6. The molecule has 24 heavy (non-hydrogen) atoms. The number of phenolic OH excluding ortho intramolecular Hbond substituents is 1. The Hall–Kier alpha value is -2.34. The lowest BCUT2D eigenvalue weighted by Gasteiger charge is -2.24. The second kappa shape index (κ2) is 7.49. The maximum absolute atomic E-state index is 12.6. The molecule has 1 fully saturated rings. The highest BCUT2D eigenvalue weighted by Crippen LogP contribution is 2.24. The highest BCUT2D eigenvalue weighted by Gasteiger charge is 2.35. The van der Waals surface area contributed by atoms with E-state index in [1.807, 2.05) is 17.5 Å². The molecule has 1 atom stereocenters. The minimum Gasteiger partial charge on any atom is -0.507 e. The van der Waals surface area contributed by atoms with Gasteiger partial charge in [0.1, 0.15) is 11.8 Å². The van der Waals surface area contributed by atoms with Gasteiger partial charge in [-0.15, -0.1) is 11.3 Å². The summed E-state index contributed by atoms with van der Waals surface area (Å²) in [5, 5.41) is 14.8. The lowest BCUT2D eigenvalue weighted by atomic mass is 10.1. The Morgan fingerprint density at radius 1 is 1.25 bits per heavy atom. The molecule has 2 amide bonds. The molecule has 0 spiro atoms. The van der Waals surface area contributed by atoms with Gasteiger partial charge < -0.3 is 15.3 Å². The van der Waals surface area contributed by atoms with Crippen LogP contribution in [0.4, 0.5) is 0 Å². The van der Waals surface area contributed by atoms with E-state index in [1.165, 1.54) is 10.9 Å². The zero-order chi connectivity index (χ0) is 16.9. The van der Waals surface area contributed by atoms with E-state index < -0.39 is 6.04 Å². The molecule has 1 unspecified atom stereocenters. The van der Waals surface area contributed by atoms with Crippen molar-refractivity contribution in [3.63, 3.8) is 0 Å². The third kappa shape index (κ3) is 3.59. The predicted molar refractivity (Wildman–Crippen MR) is 93.2 cm³/mol. The number of benzene rings is 1. The molecule has 2 aromatic rings. The molecule has 0 radical (unpaired) electrons. The number of nitrogens with one attached hydrogen (secondary N) is 1. The van der Waals surface area contributed by atoms with Crippen molar-refractivity contribution >= 4 is 23.2 Å². The van der Waals surface area contributed by atoms with E-state index in [0.717, 1.165) is 12.8 Å². The van der Waals surface area contributed by atoms with Crippen LogP contribution in [0.3, 0.4) is 0 Å². The summed E-state index contributed by atoms with van der Waals surface area (Å²) in [5.74, 6) is -0.455. The van der Waals surface area contributed by atoms with Crippen LogP contribution in [-0.4, -0.2) is 41.0 Å². The monoisotopic (exact) mass is 344 g/mol. The van der Waals surface area contributed by atoms with Gasteiger partial charge in [0.05, 0.1) is 5.56 Å². The number of phenols is 1. The van der Waals surface area contributed by atoms with Crippen molar-refractivity contribution in [3.8, 4) is 5.75 Å². The Kier molecular flexibility index (Phi) is 5.15. The molecule has 126 valence electrons. The minimum atomic E-state index is -0.458. The van der Waals surface area contributed by atoms with Crippen molar-refractivity contribution in [2.75, 3.05) is 13.1 Å². The fourth-order valence-electron chi connectivity index (χ4n) is 2.97. The van der Waals surface area contributed by atoms with Gasteiger partial charge in [-0.1, -0.05) is 18.2 Å². The topological polar surface area (TPSA) is 69.6 Å². The first-order chi connectivity index (χ1) is 11.7. The van der Waals surface area contributed by atoms with E-state index >= 15 is 0 Å². The molecule has 2 heterocycles. The van der Waals surface area contributed by atoms with Crippen molar-refractivity contribution in [2.45, 2.75) is 25.3 Å². The molecule has 1 aliphatic heterocycles. The van der Waals surface area contributed by atoms with Crippen LogP contribution >= 0.6 is 11.3 Å². The Morgan fingerprint density at radius 2 is 2.08 bits per heavy atom. The molecular formula is C18H20N2O3S. The zero-order valence-corrected chi connectivity index (χ0v) is 14.1. The van der Waals surface area contributed by atoms with E-state index in [9.17, 15) is 14.7 Å². The Bertz CT molecular complexity index is 715. The molecule has 1 aromatic heterocycles. The molecular weight excluding hydrogens is 324 g/mol. The van der Waals surface area contributed by atoms with Crippen LogP contribution < -0.4 is 5.32 Å². The van der Waals surface area contributed by atoms with Crippen molar-refractivity contribution in [1.29, 1.82) is 0 Å². The first-order valence-corrected chi connectivity index (χ1v) is 8.94. The highest BCUT2D eigenvalue weighted by atomic mass is 32.1. The summed E-state index contributed by atoms with van der Waals surface area (Å²) in [6, 6.07) is 10.0. The number of hydrogen-bond acceptors (Lipinski definition) is 4. The molecule has 5 nitrogen and oxygen atoms in total.